The monoisotopic (exact) mass is 377 g/mol. The molecule has 1 saturated carbocycles. The van der Waals surface area contributed by atoms with Gasteiger partial charge in [0.05, 0.1) is 5.92 Å². The number of rotatable bonds is 6. The fraction of sp³-hybridized carbons (Fsp3) is 0.417. The Morgan fingerprint density at radius 2 is 1.57 bits per heavy atom. The number of carbonyl (C=O) groups excluding carboxylic acids is 2. The molecule has 1 atom stereocenters. The molecule has 0 N–H and O–H groups in total. The van der Waals surface area contributed by atoms with E-state index in [0.29, 0.717) is 24.1 Å². The normalized spacial score (nSPS) is 21.9. The van der Waals surface area contributed by atoms with Crippen LogP contribution in [0.2, 0.25) is 0 Å². The van der Waals surface area contributed by atoms with Crippen LogP contribution in [0.4, 0.5) is 0 Å². The molecule has 28 heavy (non-hydrogen) atoms. The second-order valence-corrected chi connectivity index (χ2v) is 8.05. The average Bonchev–Trinajstić information content (AvgIpc) is 2.75. The maximum Gasteiger partial charge on any atom is 0.315 e. The van der Waals surface area contributed by atoms with Crippen LogP contribution in [0.5, 0.6) is 5.75 Å². The summed E-state index contributed by atoms with van der Waals surface area (Å²) in [4.78, 5) is 28.0. The van der Waals surface area contributed by atoms with E-state index in [0.717, 1.165) is 24.9 Å². The lowest BCUT2D eigenvalue weighted by Crippen LogP contribution is -2.51. The van der Waals surface area contributed by atoms with Crippen molar-refractivity contribution in [3.05, 3.63) is 66.2 Å². The Hall–Kier alpha value is -2.62. The van der Waals surface area contributed by atoms with Crippen LogP contribution in [0, 0.1) is 11.8 Å². The molecule has 2 saturated heterocycles. The summed E-state index contributed by atoms with van der Waals surface area (Å²) < 4.78 is 5.59. The summed E-state index contributed by atoms with van der Waals surface area (Å²) in [5.74, 6) is 0.453. The lowest BCUT2D eigenvalue weighted by Gasteiger charge is -2.45. The molecule has 0 radical (unpaired) electrons. The third-order valence-corrected chi connectivity index (χ3v) is 6.07. The molecule has 2 aromatic rings. The van der Waals surface area contributed by atoms with Crippen LogP contribution in [0.25, 0.3) is 0 Å². The Labute approximate surface area is 166 Å². The van der Waals surface area contributed by atoms with Crippen LogP contribution in [0.15, 0.2) is 60.7 Å². The van der Waals surface area contributed by atoms with Gasteiger partial charge in [-0.1, -0.05) is 48.5 Å². The Kier molecular flexibility index (Phi) is 5.75. The summed E-state index contributed by atoms with van der Waals surface area (Å²) in [5, 5.41) is 0. The summed E-state index contributed by atoms with van der Waals surface area (Å²) in [6.07, 6.45) is 5.41. The number of carbonyl (C=O) groups is 2. The van der Waals surface area contributed by atoms with Crippen LogP contribution in [-0.2, 0) is 16.0 Å². The third kappa shape index (κ3) is 4.44. The number of esters is 1. The highest BCUT2D eigenvalue weighted by atomic mass is 16.5. The highest BCUT2D eigenvalue weighted by molar-refractivity contribution is 5.84. The van der Waals surface area contributed by atoms with Crippen LogP contribution in [-0.4, -0.2) is 29.4 Å². The number of piperidine rings is 2. The van der Waals surface area contributed by atoms with E-state index in [9.17, 15) is 9.59 Å². The number of ether oxygens (including phenoxy) is 1. The Bertz CT molecular complexity index is 797. The van der Waals surface area contributed by atoms with E-state index in [-0.39, 0.29) is 18.3 Å². The van der Waals surface area contributed by atoms with Gasteiger partial charge in [0.1, 0.15) is 5.75 Å². The Morgan fingerprint density at radius 1 is 0.929 bits per heavy atom. The van der Waals surface area contributed by atoms with Gasteiger partial charge in [-0.05, 0) is 55.7 Å². The molecular formula is C24H27NO3. The average molecular weight is 377 g/mol. The molecule has 1 amide bonds. The molecule has 3 fully saturated rings. The van der Waals surface area contributed by atoms with Crippen molar-refractivity contribution in [1.29, 1.82) is 0 Å². The van der Waals surface area contributed by atoms with Gasteiger partial charge in [-0.3, -0.25) is 9.59 Å². The molecule has 0 spiro atoms. The van der Waals surface area contributed by atoms with Crippen molar-refractivity contribution in [2.45, 2.75) is 44.6 Å². The highest BCUT2D eigenvalue weighted by Crippen LogP contribution is 2.35. The van der Waals surface area contributed by atoms with E-state index in [4.69, 9.17) is 4.74 Å². The number of benzene rings is 2. The summed E-state index contributed by atoms with van der Waals surface area (Å²) in [6.45, 7) is 0.856. The first-order chi connectivity index (χ1) is 13.7. The maximum atomic E-state index is 13.1. The number of para-hydroxylation sites is 1. The molecule has 5 rings (SSSR count). The molecule has 2 aromatic carbocycles. The summed E-state index contributed by atoms with van der Waals surface area (Å²) in [6, 6.07) is 19.3. The number of hydrogen-bond acceptors (Lipinski definition) is 3. The van der Waals surface area contributed by atoms with E-state index in [2.05, 4.69) is 0 Å². The second-order valence-electron chi connectivity index (χ2n) is 8.05. The Morgan fingerprint density at radius 3 is 2.18 bits per heavy atom. The smallest absolute Gasteiger partial charge is 0.315 e. The van der Waals surface area contributed by atoms with Gasteiger partial charge in [-0.2, -0.15) is 0 Å². The molecule has 1 aliphatic carbocycles. The SMILES string of the molecule is O=C(Oc1ccccc1)[C@H](CC(=O)N1CC2CCC1CC2)Cc1ccccc1. The molecule has 4 heteroatoms. The van der Waals surface area contributed by atoms with Gasteiger partial charge in [0.15, 0.2) is 0 Å². The zero-order valence-corrected chi connectivity index (χ0v) is 16.1. The zero-order valence-electron chi connectivity index (χ0n) is 16.1. The van der Waals surface area contributed by atoms with Crippen LogP contribution in [0.1, 0.15) is 37.7 Å². The molecule has 0 aromatic heterocycles. The first kappa shape index (κ1) is 18.7. The summed E-state index contributed by atoms with van der Waals surface area (Å²) >= 11 is 0. The first-order valence-electron chi connectivity index (χ1n) is 10.3. The molecular weight excluding hydrogens is 350 g/mol. The molecule has 2 aliphatic heterocycles. The largest absolute Gasteiger partial charge is 0.426 e. The second kappa shape index (κ2) is 8.59. The van der Waals surface area contributed by atoms with E-state index in [1.165, 1.54) is 12.8 Å². The van der Waals surface area contributed by atoms with Gasteiger partial charge in [0.25, 0.3) is 0 Å². The molecule has 3 aliphatic rings. The van der Waals surface area contributed by atoms with Crippen molar-refractivity contribution in [2.75, 3.05) is 6.54 Å². The van der Waals surface area contributed by atoms with Gasteiger partial charge in [-0.25, -0.2) is 0 Å². The first-order valence-corrected chi connectivity index (χ1v) is 10.3. The van der Waals surface area contributed by atoms with Crippen molar-refractivity contribution in [2.24, 2.45) is 11.8 Å². The van der Waals surface area contributed by atoms with Crippen LogP contribution in [0.3, 0.4) is 0 Å². The zero-order chi connectivity index (χ0) is 19.3. The standard InChI is InChI=1S/C24H27NO3/c26-23(25-17-19-11-13-21(25)14-12-19)16-20(15-18-7-3-1-4-8-18)24(27)28-22-9-5-2-6-10-22/h1-10,19-21H,11-17H2/t19?,20-,21?/m0/s1. The molecule has 4 nitrogen and oxygen atoms in total. The molecule has 2 heterocycles. The number of nitrogens with zero attached hydrogens (tertiary/aromatic N) is 1. The minimum Gasteiger partial charge on any atom is -0.426 e. The van der Waals surface area contributed by atoms with Gasteiger partial charge in [0.2, 0.25) is 5.91 Å². The fourth-order valence-corrected chi connectivity index (χ4v) is 4.53. The lowest BCUT2D eigenvalue weighted by atomic mass is 9.79. The van der Waals surface area contributed by atoms with Crippen molar-refractivity contribution in [3.8, 4) is 5.75 Å². The maximum absolute atomic E-state index is 13.1. The summed E-state index contributed by atoms with van der Waals surface area (Å²) in [5.41, 5.74) is 1.05. The van der Waals surface area contributed by atoms with E-state index >= 15 is 0 Å². The lowest BCUT2D eigenvalue weighted by molar-refractivity contribution is -0.147. The van der Waals surface area contributed by atoms with Gasteiger partial charge in [0, 0.05) is 19.0 Å². The number of hydrogen-bond donors (Lipinski definition) is 0. The van der Waals surface area contributed by atoms with Crippen molar-refractivity contribution < 1.29 is 14.3 Å². The van der Waals surface area contributed by atoms with Crippen molar-refractivity contribution in [3.63, 3.8) is 0 Å². The van der Waals surface area contributed by atoms with E-state index < -0.39 is 5.92 Å². The van der Waals surface area contributed by atoms with Gasteiger partial charge in [-0.15, -0.1) is 0 Å². The van der Waals surface area contributed by atoms with E-state index in [1.807, 2.05) is 53.4 Å². The topological polar surface area (TPSA) is 46.6 Å². The van der Waals surface area contributed by atoms with E-state index in [1.54, 1.807) is 12.1 Å². The molecule has 2 bridgehead atoms. The molecule has 146 valence electrons. The fourth-order valence-electron chi connectivity index (χ4n) is 4.53. The summed E-state index contributed by atoms with van der Waals surface area (Å²) in [7, 11) is 0. The van der Waals surface area contributed by atoms with Crippen molar-refractivity contribution >= 4 is 11.9 Å². The minimum atomic E-state index is -0.476. The number of amides is 1. The van der Waals surface area contributed by atoms with Crippen LogP contribution >= 0.6 is 0 Å². The predicted octanol–water partition coefficient (Wildman–Crippen LogP) is 4.24. The van der Waals surface area contributed by atoms with Gasteiger partial charge >= 0.3 is 5.97 Å². The Balaban J connectivity index is 1.47. The predicted molar refractivity (Wildman–Crippen MR) is 108 cm³/mol. The van der Waals surface area contributed by atoms with Gasteiger partial charge < -0.3 is 9.64 Å². The van der Waals surface area contributed by atoms with Crippen molar-refractivity contribution in [1.82, 2.24) is 4.90 Å². The quantitative estimate of drug-likeness (QED) is 0.559. The molecule has 0 unspecified atom stereocenters. The number of fused-ring (bicyclic) bond motifs is 3. The minimum absolute atomic E-state index is 0.0975. The highest BCUT2D eigenvalue weighted by Gasteiger charge is 2.37. The van der Waals surface area contributed by atoms with Crippen LogP contribution < -0.4 is 4.74 Å². The third-order valence-electron chi connectivity index (χ3n) is 6.07.